The highest BCUT2D eigenvalue weighted by molar-refractivity contribution is 6.24. The van der Waals surface area contributed by atoms with Crippen LogP contribution in [-0.4, -0.2) is 9.97 Å². The Labute approximate surface area is 145 Å². The first-order chi connectivity index (χ1) is 12.5. The van der Waals surface area contributed by atoms with Crippen LogP contribution in [0.25, 0.3) is 43.6 Å². The van der Waals surface area contributed by atoms with Crippen LogP contribution in [0.1, 0.15) is 5.56 Å². The molecule has 0 saturated heterocycles. The van der Waals surface area contributed by atoms with E-state index in [2.05, 4.69) is 9.97 Å². The molecule has 0 N–H and O–H groups in total. The summed E-state index contributed by atoms with van der Waals surface area (Å²) in [6.45, 7) is 0. The molecule has 0 fully saturated rings. The zero-order valence-electron chi connectivity index (χ0n) is 13.4. The van der Waals surface area contributed by atoms with Crippen molar-refractivity contribution < 1.29 is 13.2 Å². The van der Waals surface area contributed by atoms with E-state index >= 15 is 0 Å². The second-order valence-electron chi connectivity index (χ2n) is 6.18. The van der Waals surface area contributed by atoms with Gasteiger partial charge in [-0.1, -0.05) is 48.5 Å². The minimum absolute atomic E-state index is 0.104. The van der Waals surface area contributed by atoms with Crippen LogP contribution in [0, 0.1) is 0 Å². The van der Waals surface area contributed by atoms with Crippen LogP contribution in [0.4, 0.5) is 13.2 Å². The van der Waals surface area contributed by atoms with Gasteiger partial charge < -0.3 is 0 Å². The Bertz CT molecular complexity index is 1320. The van der Waals surface area contributed by atoms with Crippen molar-refractivity contribution in [1.29, 1.82) is 0 Å². The van der Waals surface area contributed by atoms with Crippen LogP contribution in [-0.2, 0) is 6.18 Å². The number of fused-ring (bicyclic) bond motifs is 7. The van der Waals surface area contributed by atoms with E-state index in [0.717, 1.165) is 16.8 Å². The highest BCUT2D eigenvalue weighted by atomic mass is 19.4. The third kappa shape index (κ3) is 2.07. The number of hydrogen-bond acceptors (Lipinski definition) is 2. The number of para-hydroxylation sites is 2. The second-order valence-corrected chi connectivity index (χ2v) is 6.18. The van der Waals surface area contributed by atoms with Gasteiger partial charge in [-0.05, 0) is 29.0 Å². The van der Waals surface area contributed by atoms with Crippen LogP contribution < -0.4 is 0 Å². The molecule has 4 aromatic carbocycles. The van der Waals surface area contributed by atoms with Gasteiger partial charge in [0.15, 0.2) is 0 Å². The molecule has 0 aliphatic heterocycles. The summed E-state index contributed by atoms with van der Waals surface area (Å²) in [4.78, 5) is 9.22. The lowest BCUT2D eigenvalue weighted by atomic mass is 9.95. The number of hydrogen-bond donors (Lipinski definition) is 0. The van der Waals surface area contributed by atoms with Crippen molar-refractivity contribution in [2.24, 2.45) is 0 Å². The van der Waals surface area contributed by atoms with Crippen molar-refractivity contribution in [3.63, 3.8) is 0 Å². The molecule has 0 atom stereocenters. The standard InChI is InChI=1S/C21H11F3N2/c22-21(23,24)15-9-5-8-13-12-6-1-2-7-14(12)19-20(18(13)15)26-17-11-4-3-10-16(17)25-19/h1-11H. The van der Waals surface area contributed by atoms with Gasteiger partial charge in [0, 0.05) is 10.8 Å². The molecule has 0 spiro atoms. The molecule has 2 nitrogen and oxygen atoms in total. The van der Waals surface area contributed by atoms with Gasteiger partial charge in [0.1, 0.15) is 0 Å². The van der Waals surface area contributed by atoms with Crippen molar-refractivity contribution in [3.05, 3.63) is 72.3 Å². The van der Waals surface area contributed by atoms with E-state index in [1.807, 2.05) is 36.4 Å². The van der Waals surface area contributed by atoms with Gasteiger partial charge in [0.2, 0.25) is 0 Å². The normalized spacial score (nSPS) is 12.4. The molecule has 0 radical (unpaired) electrons. The van der Waals surface area contributed by atoms with Crippen LogP contribution in [0.5, 0.6) is 0 Å². The summed E-state index contributed by atoms with van der Waals surface area (Å²) in [5.41, 5.74) is 1.33. The maximum atomic E-state index is 13.7. The van der Waals surface area contributed by atoms with E-state index in [4.69, 9.17) is 0 Å². The molecule has 0 aliphatic rings. The monoisotopic (exact) mass is 348 g/mol. The van der Waals surface area contributed by atoms with Crippen molar-refractivity contribution in [3.8, 4) is 0 Å². The summed E-state index contributed by atoms with van der Waals surface area (Å²) in [6, 6.07) is 18.9. The van der Waals surface area contributed by atoms with E-state index in [1.54, 1.807) is 18.2 Å². The van der Waals surface area contributed by atoms with Gasteiger partial charge in [-0.3, -0.25) is 0 Å². The fourth-order valence-corrected chi connectivity index (χ4v) is 3.55. The van der Waals surface area contributed by atoms with Gasteiger partial charge in [-0.2, -0.15) is 13.2 Å². The summed E-state index contributed by atoms with van der Waals surface area (Å²) < 4.78 is 41.1. The molecule has 5 aromatic rings. The number of aromatic nitrogens is 2. The molecule has 26 heavy (non-hydrogen) atoms. The van der Waals surface area contributed by atoms with Crippen molar-refractivity contribution in [1.82, 2.24) is 9.97 Å². The molecule has 0 unspecified atom stereocenters. The van der Waals surface area contributed by atoms with E-state index in [9.17, 15) is 13.2 Å². The number of halogens is 3. The first-order valence-electron chi connectivity index (χ1n) is 8.11. The molecule has 0 aliphatic carbocycles. The summed E-state index contributed by atoms with van der Waals surface area (Å²) in [5.74, 6) is 0. The average Bonchev–Trinajstić information content (AvgIpc) is 2.65. The average molecular weight is 348 g/mol. The minimum atomic E-state index is -4.47. The zero-order valence-corrected chi connectivity index (χ0v) is 13.4. The molecule has 0 saturated carbocycles. The topological polar surface area (TPSA) is 25.8 Å². The second kappa shape index (κ2) is 5.14. The first kappa shape index (κ1) is 15.1. The zero-order chi connectivity index (χ0) is 17.9. The van der Waals surface area contributed by atoms with Gasteiger partial charge in [-0.25, -0.2) is 9.97 Å². The van der Waals surface area contributed by atoms with E-state index in [1.165, 1.54) is 6.07 Å². The molecule has 0 bridgehead atoms. The Hall–Kier alpha value is -3.21. The molecule has 5 rings (SSSR count). The highest BCUT2D eigenvalue weighted by Crippen LogP contribution is 2.41. The Morgan fingerprint density at radius 2 is 1.15 bits per heavy atom. The number of benzene rings is 4. The molecular weight excluding hydrogens is 337 g/mol. The summed E-state index contributed by atoms with van der Waals surface area (Å²) in [6.07, 6.45) is -4.47. The SMILES string of the molecule is FC(F)(F)c1cccc2c3ccccc3c3nc4ccccc4nc3c12. The fourth-order valence-electron chi connectivity index (χ4n) is 3.55. The molecule has 0 amide bonds. The maximum Gasteiger partial charge on any atom is 0.417 e. The fraction of sp³-hybridized carbons (Fsp3) is 0.0476. The van der Waals surface area contributed by atoms with Crippen LogP contribution in [0.15, 0.2) is 66.7 Å². The quantitative estimate of drug-likeness (QED) is 0.249. The Balaban J connectivity index is 2.15. The van der Waals surface area contributed by atoms with E-state index in [-0.39, 0.29) is 10.9 Å². The van der Waals surface area contributed by atoms with E-state index in [0.29, 0.717) is 21.9 Å². The Kier molecular flexibility index (Phi) is 2.98. The smallest absolute Gasteiger partial charge is 0.244 e. The van der Waals surface area contributed by atoms with E-state index < -0.39 is 11.7 Å². The summed E-state index contributed by atoms with van der Waals surface area (Å²) >= 11 is 0. The minimum Gasteiger partial charge on any atom is -0.244 e. The van der Waals surface area contributed by atoms with Crippen molar-refractivity contribution in [2.75, 3.05) is 0 Å². The van der Waals surface area contributed by atoms with Crippen LogP contribution >= 0.6 is 0 Å². The molecular formula is C21H11F3N2. The van der Waals surface area contributed by atoms with Crippen molar-refractivity contribution in [2.45, 2.75) is 6.18 Å². The third-order valence-corrected chi connectivity index (χ3v) is 4.65. The molecule has 1 heterocycles. The molecule has 126 valence electrons. The maximum absolute atomic E-state index is 13.7. The lowest BCUT2D eigenvalue weighted by molar-refractivity contribution is -0.136. The summed E-state index contributed by atoms with van der Waals surface area (Å²) in [7, 11) is 0. The van der Waals surface area contributed by atoms with Gasteiger partial charge in [0.05, 0.1) is 27.6 Å². The predicted octanol–water partition coefficient (Wildman–Crippen LogP) is 6.11. The van der Waals surface area contributed by atoms with Crippen molar-refractivity contribution >= 4 is 43.6 Å². The molecule has 1 aromatic heterocycles. The van der Waals surface area contributed by atoms with Crippen LogP contribution in [0.3, 0.4) is 0 Å². The number of nitrogens with zero attached hydrogens (tertiary/aromatic N) is 2. The number of rotatable bonds is 0. The van der Waals surface area contributed by atoms with Crippen LogP contribution in [0.2, 0.25) is 0 Å². The van der Waals surface area contributed by atoms with Gasteiger partial charge in [0.25, 0.3) is 0 Å². The largest absolute Gasteiger partial charge is 0.417 e. The summed E-state index contributed by atoms with van der Waals surface area (Å²) in [5, 5.41) is 2.18. The number of alkyl halides is 3. The predicted molar refractivity (Wildman–Crippen MR) is 97.1 cm³/mol. The lowest BCUT2D eigenvalue weighted by Crippen LogP contribution is -2.06. The first-order valence-corrected chi connectivity index (χ1v) is 8.11. The Morgan fingerprint density at radius 3 is 1.85 bits per heavy atom. The lowest BCUT2D eigenvalue weighted by Gasteiger charge is -2.15. The van der Waals surface area contributed by atoms with Gasteiger partial charge >= 0.3 is 6.18 Å². The van der Waals surface area contributed by atoms with Gasteiger partial charge in [-0.15, -0.1) is 0 Å². The molecule has 5 heteroatoms. The Morgan fingerprint density at radius 1 is 0.577 bits per heavy atom. The highest BCUT2D eigenvalue weighted by Gasteiger charge is 2.33. The third-order valence-electron chi connectivity index (χ3n) is 4.65.